The van der Waals surface area contributed by atoms with E-state index < -0.39 is 10.1 Å². The maximum Gasteiger partial charge on any atom is 0.246 e. The molecule has 7 heteroatoms. The molecule has 1 N–H and O–H groups in total. The van der Waals surface area contributed by atoms with E-state index in [1.54, 1.807) is 6.92 Å². The first kappa shape index (κ1) is 25.1. The van der Waals surface area contributed by atoms with E-state index in [-0.39, 0.29) is 11.7 Å². The molecule has 0 atom stereocenters. The van der Waals surface area contributed by atoms with Crippen molar-refractivity contribution in [2.24, 2.45) is 0 Å². The number of rotatable bonds is 16. The summed E-state index contributed by atoms with van der Waals surface area (Å²) in [4.78, 5) is 11.4. The number of hydrogen-bond acceptors (Lipinski definition) is 4. The Morgan fingerprint density at radius 3 is 1.88 bits per heavy atom. The molecule has 1 amide bonds. The van der Waals surface area contributed by atoms with Gasteiger partial charge in [0.1, 0.15) is 0 Å². The molecule has 0 aromatic heterocycles. The van der Waals surface area contributed by atoms with Crippen LogP contribution >= 0.6 is 0 Å². The van der Waals surface area contributed by atoms with Crippen molar-refractivity contribution in [1.82, 2.24) is 5.32 Å². The van der Waals surface area contributed by atoms with Crippen molar-refractivity contribution in [1.29, 1.82) is 0 Å². The lowest BCUT2D eigenvalue weighted by Crippen LogP contribution is -2.42. The van der Waals surface area contributed by atoms with Crippen LogP contribution in [-0.2, 0) is 14.9 Å². The average Bonchev–Trinajstić information content (AvgIpc) is 2.52. The van der Waals surface area contributed by atoms with Crippen LogP contribution in [0.25, 0.3) is 0 Å². The van der Waals surface area contributed by atoms with Crippen LogP contribution in [0, 0.1) is 0 Å². The summed E-state index contributed by atoms with van der Waals surface area (Å²) in [7, 11) is 0.418. The zero-order valence-electron chi connectivity index (χ0n) is 16.9. The fraction of sp³-hybridized carbons (Fsp3) is 0.842. The molecule has 154 valence electrons. The number of quaternary nitrogens is 1. The summed E-state index contributed by atoms with van der Waals surface area (Å²) >= 11 is 0. The summed E-state index contributed by atoms with van der Waals surface area (Å²) in [5, 5.41) is 2.87. The van der Waals surface area contributed by atoms with Crippen molar-refractivity contribution in [2.45, 2.75) is 64.7 Å². The molecule has 0 saturated heterocycles. The van der Waals surface area contributed by atoms with Gasteiger partial charge in [0.2, 0.25) is 5.91 Å². The third-order valence-corrected chi connectivity index (χ3v) is 5.31. The molecule has 0 spiro atoms. The molecule has 0 aromatic carbocycles. The number of nitrogens with zero attached hydrogens (tertiary/aromatic N) is 1. The Morgan fingerprint density at radius 2 is 1.38 bits per heavy atom. The molecule has 0 aliphatic carbocycles. The normalized spacial score (nSPS) is 12.2. The second-order valence-electron chi connectivity index (χ2n) is 7.86. The number of unbranched alkanes of at least 4 members (excludes halogenated alkanes) is 7. The number of amides is 1. The van der Waals surface area contributed by atoms with Crippen LogP contribution in [0.4, 0.5) is 0 Å². The van der Waals surface area contributed by atoms with Crippen molar-refractivity contribution >= 4 is 16.0 Å². The van der Waals surface area contributed by atoms with E-state index in [1.165, 1.54) is 25.7 Å². The first-order valence-corrected chi connectivity index (χ1v) is 11.3. The third-order valence-electron chi connectivity index (χ3n) is 4.52. The lowest BCUT2D eigenvalue weighted by atomic mass is 10.1. The number of carbonyl (C=O) groups excluding carboxylic acids is 1. The molecule has 0 bridgehead atoms. The van der Waals surface area contributed by atoms with Crippen molar-refractivity contribution in [3.05, 3.63) is 12.2 Å². The van der Waals surface area contributed by atoms with E-state index in [9.17, 15) is 17.8 Å². The van der Waals surface area contributed by atoms with Gasteiger partial charge in [0.15, 0.2) is 0 Å². The maximum absolute atomic E-state index is 11.4. The minimum atomic E-state index is -4.04. The van der Waals surface area contributed by atoms with Crippen LogP contribution in [-0.4, -0.2) is 62.8 Å². The predicted molar refractivity (Wildman–Crippen MR) is 106 cm³/mol. The lowest BCUT2D eigenvalue weighted by Gasteiger charge is -2.30. The van der Waals surface area contributed by atoms with Crippen LogP contribution in [0.1, 0.15) is 64.7 Å². The Hall–Kier alpha value is -0.920. The van der Waals surface area contributed by atoms with Gasteiger partial charge in [-0.1, -0.05) is 38.7 Å². The predicted octanol–water partition coefficient (Wildman–Crippen LogP) is 2.81. The molecule has 0 saturated carbocycles. The molecule has 6 nitrogen and oxygen atoms in total. The third kappa shape index (κ3) is 16.5. The molecule has 0 unspecified atom stereocenters. The Kier molecular flexibility index (Phi) is 12.8. The Balaban J connectivity index is 3.52. The highest BCUT2D eigenvalue weighted by Gasteiger charge is 2.14. The highest BCUT2D eigenvalue weighted by atomic mass is 32.2. The van der Waals surface area contributed by atoms with Crippen molar-refractivity contribution in [3.8, 4) is 0 Å². The van der Waals surface area contributed by atoms with Crippen LogP contribution in [0.3, 0.4) is 0 Å². The molecular formula is C19H38N2O4S. The largest absolute Gasteiger partial charge is 0.748 e. The number of carbonyl (C=O) groups is 1. The topological polar surface area (TPSA) is 86.3 Å². The van der Waals surface area contributed by atoms with E-state index in [0.717, 1.165) is 43.3 Å². The van der Waals surface area contributed by atoms with Gasteiger partial charge in [-0.25, -0.2) is 8.42 Å². The second kappa shape index (κ2) is 13.3. The van der Waals surface area contributed by atoms with E-state index in [2.05, 4.69) is 26.0 Å². The zero-order chi connectivity index (χ0) is 20.1. The number of hydrogen-bond donors (Lipinski definition) is 1. The van der Waals surface area contributed by atoms with Gasteiger partial charge in [0.25, 0.3) is 0 Å². The quantitative estimate of drug-likeness (QED) is 0.190. The zero-order valence-corrected chi connectivity index (χ0v) is 17.7. The molecule has 0 rings (SSSR count). The molecule has 0 fully saturated rings. The molecule has 0 radical (unpaired) electrons. The molecular weight excluding hydrogens is 352 g/mol. The van der Waals surface area contributed by atoms with Crippen molar-refractivity contribution in [3.63, 3.8) is 0 Å². The van der Waals surface area contributed by atoms with Gasteiger partial charge in [0.05, 0.1) is 37.3 Å². The molecule has 0 heterocycles. The van der Waals surface area contributed by atoms with E-state index in [0.29, 0.717) is 18.5 Å². The van der Waals surface area contributed by atoms with Gasteiger partial charge in [0, 0.05) is 24.3 Å². The minimum absolute atomic E-state index is 0.0649. The van der Waals surface area contributed by atoms with Gasteiger partial charge in [-0.2, -0.15) is 0 Å². The van der Waals surface area contributed by atoms with E-state index in [1.807, 2.05) is 0 Å². The van der Waals surface area contributed by atoms with Crippen molar-refractivity contribution in [2.75, 3.05) is 39.5 Å². The minimum Gasteiger partial charge on any atom is -0.748 e. The molecule has 0 aliphatic heterocycles. The van der Waals surface area contributed by atoms with Gasteiger partial charge in [-0.3, -0.25) is 4.79 Å². The first-order valence-electron chi connectivity index (χ1n) is 9.73. The average molecular weight is 391 g/mol. The SMILES string of the molecule is C=C(C)C(=O)NCCC[N+](C)(C)CCCCCCCCCCS(=O)(=O)[O-]. The van der Waals surface area contributed by atoms with Gasteiger partial charge in [-0.05, 0) is 26.2 Å². The van der Waals surface area contributed by atoms with Crippen LogP contribution < -0.4 is 5.32 Å². The molecule has 0 aromatic rings. The van der Waals surface area contributed by atoms with Crippen LogP contribution in [0.5, 0.6) is 0 Å². The highest BCUT2D eigenvalue weighted by Crippen LogP contribution is 2.11. The smallest absolute Gasteiger partial charge is 0.246 e. The second-order valence-corrected chi connectivity index (χ2v) is 9.39. The summed E-state index contributed by atoms with van der Waals surface area (Å²) in [6.07, 6.45) is 9.18. The Morgan fingerprint density at radius 1 is 0.923 bits per heavy atom. The maximum atomic E-state index is 11.4. The fourth-order valence-electron chi connectivity index (χ4n) is 2.85. The summed E-state index contributed by atoms with van der Waals surface area (Å²) < 4.78 is 32.4. The monoisotopic (exact) mass is 390 g/mol. The van der Waals surface area contributed by atoms with E-state index >= 15 is 0 Å². The summed E-state index contributed by atoms with van der Waals surface area (Å²) in [5.74, 6) is -0.290. The Bertz CT molecular complexity index is 516. The number of nitrogens with one attached hydrogen (secondary N) is 1. The van der Waals surface area contributed by atoms with Gasteiger partial charge in [-0.15, -0.1) is 0 Å². The van der Waals surface area contributed by atoms with Crippen molar-refractivity contribution < 1.29 is 22.2 Å². The Labute approximate surface area is 160 Å². The molecule has 0 aliphatic rings. The van der Waals surface area contributed by atoms with Crippen LogP contribution in [0.2, 0.25) is 0 Å². The highest BCUT2D eigenvalue weighted by molar-refractivity contribution is 7.85. The van der Waals surface area contributed by atoms with Gasteiger partial charge < -0.3 is 14.4 Å². The summed E-state index contributed by atoms with van der Waals surface area (Å²) in [6, 6.07) is 0. The fourth-order valence-corrected chi connectivity index (χ4v) is 3.41. The first-order chi connectivity index (χ1) is 12.0. The van der Waals surface area contributed by atoms with Gasteiger partial charge >= 0.3 is 0 Å². The molecule has 26 heavy (non-hydrogen) atoms. The lowest BCUT2D eigenvalue weighted by molar-refractivity contribution is -0.890. The van der Waals surface area contributed by atoms with E-state index in [4.69, 9.17) is 0 Å². The summed E-state index contributed by atoms with van der Waals surface area (Å²) in [5.41, 5.74) is 0.550. The standard InChI is InChI=1S/C19H38N2O4S/c1-18(2)19(22)20-14-13-16-21(3,4)15-11-9-7-5-6-8-10-12-17-26(23,24)25/h1,5-17H2,2-4H3,(H-,20,22,23,24,25). The summed E-state index contributed by atoms with van der Waals surface area (Å²) in [6.45, 7) is 8.21. The van der Waals surface area contributed by atoms with Crippen LogP contribution in [0.15, 0.2) is 12.2 Å².